The number of halogens is 1. The van der Waals surface area contributed by atoms with Gasteiger partial charge in [0.1, 0.15) is 0 Å². The van der Waals surface area contributed by atoms with Crippen LogP contribution in [0.1, 0.15) is 29.7 Å². The van der Waals surface area contributed by atoms with Crippen LogP contribution in [0, 0.1) is 5.92 Å². The minimum absolute atomic E-state index is 0.136. The maximum atomic E-state index is 10.6. The van der Waals surface area contributed by atoms with Gasteiger partial charge in [0.2, 0.25) is 0 Å². The van der Waals surface area contributed by atoms with Gasteiger partial charge in [0.15, 0.2) is 0 Å². The number of nitrogens with two attached hydrogens (primary N) is 1. The van der Waals surface area contributed by atoms with Crippen LogP contribution in [0.4, 0.5) is 0 Å². The third-order valence-corrected chi connectivity index (χ3v) is 6.26. The lowest BCUT2D eigenvalue weighted by atomic mass is 9.88. The number of hydrogen-bond acceptors (Lipinski definition) is 3. The van der Waals surface area contributed by atoms with Gasteiger partial charge in [0.05, 0.1) is 6.10 Å². The van der Waals surface area contributed by atoms with Crippen molar-refractivity contribution in [3.8, 4) is 0 Å². The van der Waals surface area contributed by atoms with E-state index in [4.69, 9.17) is 17.3 Å². The molecule has 3 rings (SSSR count). The largest absolute Gasteiger partial charge is 0.387 e. The monoisotopic (exact) mass is 411 g/mol. The van der Waals surface area contributed by atoms with E-state index in [0.29, 0.717) is 5.02 Å². The predicted molar refractivity (Wildman–Crippen MR) is 120 cm³/mol. The van der Waals surface area contributed by atoms with E-state index in [2.05, 4.69) is 55.5 Å². The standard InChI is InChI=1S/C24H26ClNOS/c1-17(23(26)24(27)20-8-5-9-21(25)15-20)14-18-10-12-22(13-11-18)28-16-19-6-3-2-4-7-19/h2-13,15,17,23-24,27H,14,16,26H2,1H3/t17?,23-,24-/m1/s1. The van der Waals surface area contributed by atoms with Gasteiger partial charge >= 0.3 is 0 Å². The van der Waals surface area contributed by atoms with E-state index < -0.39 is 6.10 Å². The van der Waals surface area contributed by atoms with Crippen molar-refractivity contribution in [2.45, 2.75) is 36.1 Å². The van der Waals surface area contributed by atoms with E-state index in [1.54, 1.807) is 12.1 Å². The highest BCUT2D eigenvalue weighted by molar-refractivity contribution is 7.98. The van der Waals surface area contributed by atoms with E-state index in [1.807, 2.05) is 30.0 Å². The molecule has 4 heteroatoms. The first-order valence-electron chi connectivity index (χ1n) is 9.47. The molecule has 0 radical (unpaired) electrons. The van der Waals surface area contributed by atoms with Gasteiger partial charge < -0.3 is 10.8 Å². The van der Waals surface area contributed by atoms with E-state index in [-0.39, 0.29) is 12.0 Å². The summed E-state index contributed by atoms with van der Waals surface area (Å²) in [6.07, 6.45) is 0.0944. The molecule has 0 spiro atoms. The van der Waals surface area contributed by atoms with E-state index in [1.165, 1.54) is 16.0 Å². The fraction of sp³-hybridized carbons (Fsp3) is 0.250. The summed E-state index contributed by atoms with van der Waals surface area (Å²) in [5.41, 5.74) is 9.65. The Morgan fingerprint density at radius 1 is 0.929 bits per heavy atom. The molecule has 0 saturated heterocycles. The van der Waals surface area contributed by atoms with Crippen LogP contribution in [0.3, 0.4) is 0 Å². The summed E-state index contributed by atoms with van der Waals surface area (Å²) in [7, 11) is 0. The number of rotatable bonds is 8. The molecule has 3 atom stereocenters. The Kier molecular flexibility index (Phi) is 7.57. The quantitative estimate of drug-likeness (QED) is 0.455. The summed E-state index contributed by atoms with van der Waals surface area (Å²) in [6.45, 7) is 2.08. The lowest BCUT2D eigenvalue weighted by Gasteiger charge is -2.25. The maximum absolute atomic E-state index is 10.6. The van der Waals surface area contributed by atoms with Crippen molar-refractivity contribution in [2.24, 2.45) is 11.7 Å². The van der Waals surface area contributed by atoms with Crippen LogP contribution in [0.15, 0.2) is 83.8 Å². The predicted octanol–water partition coefficient (Wildman–Crippen LogP) is 5.87. The summed E-state index contributed by atoms with van der Waals surface area (Å²) in [6, 6.07) is 26.0. The van der Waals surface area contributed by atoms with Crippen LogP contribution in [-0.4, -0.2) is 11.1 Å². The Labute approximate surface area is 176 Å². The van der Waals surface area contributed by atoms with Gasteiger partial charge in [0.25, 0.3) is 0 Å². The lowest BCUT2D eigenvalue weighted by Crippen LogP contribution is -2.36. The highest BCUT2D eigenvalue weighted by Gasteiger charge is 2.23. The Morgan fingerprint density at radius 3 is 2.32 bits per heavy atom. The van der Waals surface area contributed by atoms with Crippen molar-refractivity contribution in [1.82, 2.24) is 0 Å². The van der Waals surface area contributed by atoms with E-state index in [0.717, 1.165) is 17.7 Å². The summed E-state index contributed by atoms with van der Waals surface area (Å²) in [5.74, 6) is 1.10. The summed E-state index contributed by atoms with van der Waals surface area (Å²) >= 11 is 7.86. The SMILES string of the molecule is CC(Cc1ccc(SCc2ccccc2)cc1)[C@@H](N)[C@H](O)c1cccc(Cl)c1. The molecule has 0 aliphatic rings. The number of aliphatic hydroxyl groups excluding tert-OH is 1. The molecule has 3 aromatic rings. The van der Waals surface area contributed by atoms with Crippen LogP contribution in [0.5, 0.6) is 0 Å². The van der Waals surface area contributed by atoms with Crippen molar-refractivity contribution in [1.29, 1.82) is 0 Å². The van der Waals surface area contributed by atoms with Crippen molar-refractivity contribution in [3.05, 3.63) is 101 Å². The molecule has 3 aromatic carbocycles. The van der Waals surface area contributed by atoms with Gasteiger partial charge in [-0.05, 0) is 53.3 Å². The summed E-state index contributed by atoms with van der Waals surface area (Å²) in [4.78, 5) is 1.25. The normalized spacial score (nSPS) is 14.4. The van der Waals surface area contributed by atoms with Crippen LogP contribution in [0.2, 0.25) is 5.02 Å². The number of hydrogen-bond donors (Lipinski definition) is 2. The molecule has 1 unspecified atom stereocenters. The first-order chi connectivity index (χ1) is 13.5. The second-order valence-corrected chi connectivity index (χ2v) is 8.66. The van der Waals surface area contributed by atoms with Gasteiger partial charge in [-0.2, -0.15) is 0 Å². The van der Waals surface area contributed by atoms with Gasteiger partial charge in [0, 0.05) is 21.7 Å². The van der Waals surface area contributed by atoms with Crippen LogP contribution in [-0.2, 0) is 12.2 Å². The van der Waals surface area contributed by atoms with Crippen LogP contribution in [0.25, 0.3) is 0 Å². The highest BCUT2D eigenvalue weighted by atomic mass is 35.5. The van der Waals surface area contributed by atoms with Gasteiger partial charge in [-0.1, -0.05) is 73.1 Å². The molecule has 0 aromatic heterocycles. The fourth-order valence-electron chi connectivity index (χ4n) is 3.19. The van der Waals surface area contributed by atoms with Crippen molar-refractivity contribution in [2.75, 3.05) is 0 Å². The minimum Gasteiger partial charge on any atom is -0.387 e. The third kappa shape index (κ3) is 5.86. The van der Waals surface area contributed by atoms with Crippen LogP contribution >= 0.6 is 23.4 Å². The molecule has 0 bridgehead atoms. The molecule has 3 N–H and O–H groups in total. The Bertz CT molecular complexity index is 869. The molecule has 28 heavy (non-hydrogen) atoms. The van der Waals surface area contributed by atoms with Crippen molar-refractivity contribution in [3.63, 3.8) is 0 Å². The third-order valence-electron chi connectivity index (χ3n) is 4.94. The van der Waals surface area contributed by atoms with E-state index >= 15 is 0 Å². The molecule has 0 aliphatic carbocycles. The number of benzene rings is 3. The number of aliphatic hydroxyl groups is 1. The molecular formula is C24H26ClNOS. The van der Waals surface area contributed by atoms with Crippen molar-refractivity contribution >= 4 is 23.4 Å². The first kappa shape index (κ1) is 20.9. The first-order valence-corrected chi connectivity index (χ1v) is 10.8. The summed E-state index contributed by atoms with van der Waals surface area (Å²) in [5, 5.41) is 11.2. The Balaban J connectivity index is 1.55. The fourth-order valence-corrected chi connectivity index (χ4v) is 4.25. The molecule has 0 fully saturated rings. The molecule has 2 nitrogen and oxygen atoms in total. The second-order valence-electron chi connectivity index (χ2n) is 7.18. The zero-order valence-corrected chi connectivity index (χ0v) is 17.5. The highest BCUT2D eigenvalue weighted by Crippen LogP contribution is 2.27. The molecular weight excluding hydrogens is 386 g/mol. The lowest BCUT2D eigenvalue weighted by molar-refractivity contribution is 0.121. The van der Waals surface area contributed by atoms with Crippen LogP contribution < -0.4 is 5.73 Å². The van der Waals surface area contributed by atoms with Gasteiger partial charge in [-0.15, -0.1) is 11.8 Å². The molecule has 0 saturated carbocycles. The van der Waals surface area contributed by atoms with Crippen molar-refractivity contribution < 1.29 is 5.11 Å². The minimum atomic E-state index is -0.727. The number of thioether (sulfide) groups is 1. The topological polar surface area (TPSA) is 46.2 Å². The average molecular weight is 412 g/mol. The molecule has 0 aliphatic heterocycles. The average Bonchev–Trinajstić information content (AvgIpc) is 2.73. The smallest absolute Gasteiger partial charge is 0.0944 e. The van der Waals surface area contributed by atoms with Gasteiger partial charge in [-0.3, -0.25) is 0 Å². The second kappa shape index (κ2) is 10.1. The zero-order chi connectivity index (χ0) is 19.9. The molecule has 146 valence electrons. The van der Waals surface area contributed by atoms with E-state index in [9.17, 15) is 5.11 Å². The Hall–Kier alpha value is -1.78. The molecule has 0 heterocycles. The maximum Gasteiger partial charge on any atom is 0.0944 e. The summed E-state index contributed by atoms with van der Waals surface area (Å²) < 4.78 is 0. The Morgan fingerprint density at radius 2 is 1.64 bits per heavy atom. The van der Waals surface area contributed by atoms with Gasteiger partial charge in [-0.25, -0.2) is 0 Å². The zero-order valence-electron chi connectivity index (χ0n) is 16.0. The molecule has 0 amide bonds.